The first kappa shape index (κ1) is 13.8. The predicted octanol–water partition coefficient (Wildman–Crippen LogP) is 3.54. The van der Waals surface area contributed by atoms with Gasteiger partial charge in [-0.25, -0.2) is 4.98 Å². The largest absolute Gasteiger partial charge is 0.326 e. The number of aryl methyl sites for hydroxylation is 1. The number of fused-ring (bicyclic) bond motifs is 1. The summed E-state index contributed by atoms with van der Waals surface area (Å²) in [5.74, 6) is 0. The normalized spacial score (nSPS) is 18.1. The molecular weight excluding hydrogens is 314 g/mol. The zero-order valence-corrected chi connectivity index (χ0v) is 13.4. The molecule has 0 radical (unpaired) electrons. The highest BCUT2D eigenvalue weighted by Crippen LogP contribution is 2.30. The Hall–Kier alpha value is -1.13. The van der Waals surface area contributed by atoms with Crippen LogP contribution in [0.2, 0.25) is 0 Å². The molecule has 0 bridgehead atoms. The Morgan fingerprint density at radius 2 is 2.10 bits per heavy atom. The number of aromatic nitrogens is 2. The molecule has 0 fully saturated rings. The molecule has 1 aromatic carbocycles. The molecule has 1 aliphatic heterocycles. The summed E-state index contributed by atoms with van der Waals surface area (Å²) in [6.45, 7) is 3.07. The van der Waals surface area contributed by atoms with Gasteiger partial charge in [0, 0.05) is 23.8 Å². The van der Waals surface area contributed by atoms with E-state index in [2.05, 4.69) is 51.7 Å². The van der Waals surface area contributed by atoms with Crippen LogP contribution in [-0.2, 0) is 19.4 Å². The van der Waals surface area contributed by atoms with Crippen molar-refractivity contribution in [3.8, 4) is 11.3 Å². The number of imidazole rings is 1. The van der Waals surface area contributed by atoms with Gasteiger partial charge in [0.25, 0.3) is 0 Å². The lowest BCUT2D eigenvalue weighted by Crippen LogP contribution is -2.31. The van der Waals surface area contributed by atoms with E-state index >= 15 is 0 Å². The van der Waals surface area contributed by atoms with Crippen molar-refractivity contribution < 1.29 is 0 Å². The Labute approximate surface area is 128 Å². The molecule has 0 saturated heterocycles. The van der Waals surface area contributed by atoms with Crippen LogP contribution < -0.4 is 5.73 Å². The third kappa shape index (κ3) is 2.54. The standard InChI is InChI=1S/C16H20BrN3/c1-2-3-11-4-6-12(7-5-11)15-14-9-8-13(18)10-20(14)16(17)19-15/h4-7,13H,2-3,8-10,18H2,1H3. The van der Waals surface area contributed by atoms with Crippen LogP contribution >= 0.6 is 15.9 Å². The summed E-state index contributed by atoms with van der Waals surface area (Å²) in [6, 6.07) is 9.05. The Morgan fingerprint density at radius 1 is 1.35 bits per heavy atom. The number of benzene rings is 1. The highest BCUT2D eigenvalue weighted by molar-refractivity contribution is 9.10. The highest BCUT2D eigenvalue weighted by atomic mass is 79.9. The molecule has 2 N–H and O–H groups in total. The third-order valence-electron chi connectivity index (χ3n) is 3.96. The van der Waals surface area contributed by atoms with Gasteiger partial charge in [-0.15, -0.1) is 0 Å². The van der Waals surface area contributed by atoms with E-state index in [0.29, 0.717) is 0 Å². The zero-order chi connectivity index (χ0) is 14.1. The van der Waals surface area contributed by atoms with E-state index in [-0.39, 0.29) is 6.04 Å². The van der Waals surface area contributed by atoms with Crippen LogP contribution in [0, 0.1) is 0 Å². The summed E-state index contributed by atoms with van der Waals surface area (Å²) in [5.41, 5.74) is 11.1. The second-order valence-corrected chi connectivity index (χ2v) is 6.24. The van der Waals surface area contributed by atoms with Gasteiger partial charge in [-0.3, -0.25) is 0 Å². The molecule has 3 nitrogen and oxygen atoms in total. The van der Waals surface area contributed by atoms with Crippen LogP contribution in [0.4, 0.5) is 0 Å². The minimum Gasteiger partial charge on any atom is -0.326 e. The van der Waals surface area contributed by atoms with E-state index in [1.807, 2.05) is 0 Å². The number of hydrogen-bond acceptors (Lipinski definition) is 2. The average Bonchev–Trinajstić information content (AvgIpc) is 2.77. The monoisotopic (exact) mass is 333 g/mol. The highest BCUT2D eigenvalue weighted by Gasteiger charge is 2.23. The summed E-state index contributed by atoms with van der Waals surface area (Å²) < 4.78 is 3.11. The lowest BCUT2D eigenvalue weighted by atomic mass is 10.00. The maximum atomic E-state index is 6.05. The molecular formula is C16H20BrN3. The van der Waals surface area contributed by atoms with E-state index in [9.17, 15) is 0 Å². The molecule has 3 rings (SSSR count). The lowest BCUT2D eigenvalue weighted by molar-refractivity contribution is 0.455. The fourth-order valence-electron chi connectivity index (χ4n) is 2.89. The Bertz CT molecular complexity index is 601. The molecule has 1 aliphatic rings. The SMILES string of the molecule is CCCc1ccc(-c2nc(Br)n3c2CCC(N)C3)cc1. The van der Waals surface area contributed by atoms with E-state index in [1.165, 1.54) is 23.2 Å². The van der Waals surface area contributed by atoms with E-state index in [0.717, 1.165) is 36.2 Å². The summed E-state index contributed by atoms with van der Waals surface area (Å²) >= 11 is 3.56. The average molecular weight is 334 g/mol. The lowest BCUT2D eigenvalue weighted by Gasteiger charge is -2.22. The minimum absolute atomic E-state index is 0.243. The number of nitrogens with zero attached hydrogens (tertiary/aromatic N) is 2. The Morgan fingerprint density at radius 3 is 2.80 bits per heavy atom. The van der Waals surface area contributed by atoms with Crippen molar-refractivity contribution in [2.24, 2.45) is 5.73 Å². The summed E-state index contributed by atoms with van der Waals surface area (Å²) in [7, 11) is 0. The van der Waals surface area contributed by atoms with Crippen LogP contribution in [0.1, 0.15) is 31.0 Å². The molecule has 0 amide bonds. The first-order valence-corrected chi connectivity index (χ1v) is 8.08. The first-order chi connectivity index (χ1) is 9.69. The van der Waals surface area contributed by atoms with Gasteiger partial charge in [0.05, 0.1) is 5.69 Å². The van der Waals surface area contributed by atoms with Gasteiger partial charge in [0.2, 0.25) is 0 Å². The molecule has 1 atom stereocenters. The molecule has 20 heavy (non-hydrogen) atoms. The van der Waals surface area contributed by atoms with Gasteiger partial charge in [-0.2, -0.15) is 0 Å². The number of hydrogen-bond donors (Lipinski definition) is 1. The van der Waals surface area contributed by atoms with Crippen molar-refractivity contribution in [2.45, 2.75) is 45.2 Å². The van der Waals surface area contributed by atoms with Crippen LogP contribution in [0.3, 0.4) is 0 Å². The Balaban J connectivity index is 1.96. The maximum Gasteiger partial charge on any atom is 0.177 e. The van der Waals surface area contributed by atoms with Crippen molar-refractivity contribution in [2.75, 3.05) is 0 Å². The molecule has 0 spiro atoms. The molecule has 1 unspecified atom stereocenters. The minimum atomic E-state index is 0.243. The summed E-state index contributed by atoms with van der Waals surface area (Å²) in [5, 5.41) is 0. The molecule has 4 heteroatoms. The predicted molar refractivity (Wildman–Crippen MR) is 85.7 cm³/mol. The van der Waals surface area contributed by atoms with Gasteiger partial charge in [0.15, 0.2) is 4.73 Å². The molecule has 0 saturated carbocycles. The second kappa shape index (κ2) is 5.70. The van der Waals surface area contributed by atoms with Gasteiger partial charge < -0.3 is 10.3 Å². The van der Waals surface area contributed by atoms with E-state index in [4.69, 9.17) is 10.7 Å². The second-order valence-electron chi connectivity index (χ2n) is 5.53. The quantitative estimate of drug-likeness (QED) is 0.933. The van der Waals surface area contributed by atoms with Crippen LogP contribution in [0.25, 0.3) is 11.3 Å². The van der Waals surface area contributed by atoms with Crippen LogP contribution in [0.15, 0.2) is 29.0 Å². The van der Waals surface area contributed by atoms with Crippen molar-refractivity contribution >= 4 is 15.9 Å². The molecule has 1 aromatic heterocycles. The number of halogens is 1. The van der Waals surface area contributed by atoms with Crippen LogP contribution in [0.5, 0.6) is 0 Å². The fourth-order valence-corrected chi connectivity index (χ4v) is 3.43. The first-order valence-electron chi connectivity index (χ1n) is 7.29. The maximum absolute atomic E-state index is 6.05. The molecule has 2 aromatic rings. The van der Waals surface area contributed by atoms with E-state index < -0.39 is 0 Å². The number of nitrogens with two attached hydrogens (primary N) is 1. The van der Waals surface area contributed by atoms with Gasteiger partial charge >= 0.3 is 0 Å². The Kier molecular flexibility index (Phi) is 3.94. The van der Waals surface area contributed by atoms with Crippen molar-refractivity contribution in [1.82, 2.24) is 9.55 Å². The molecule has 106 valence electrons. The van der Waals surface area contributed by atoms with Gasteiger partial charge in [-0.05, 0) is 40.8 Å². The topological polar surface area (TPSA) is 43.8 Å². The summed E-state index contributed by atoms with van der Waals surface area (Å²) in [4.78, 5) is 4.70. The summed E-state index contributed by atoms with van der Waals surface area (Å²) in [6.07, 6.45) is 4.37. The van der Waals surface area contributed by atoms with Crippen molar-refractivity contribution in [1.29, 1.82) is 0 Å². The van der Waals surface area contributed by atoms with Crippen LogP contribution in [-0.4, -0.2) is 15.6 Å². The zero-order valence-electron chi connectivity index (χ0n) is 11.8. The van der Waals surface area contributed by atoms with Gasteiger partial charge in [-0.1, -0.05) is 37.6 Å². The van der Waals surface area contributed by atoms with Crippen molar-refractivity contribution in [3.05, 3.63) is 40.3 Å². The van der Waals surface area contributed by atoms with Crippen molar-refractivity contribution in [3.63, 3.8) is 0 Å². The smallest absolute Gasteiger partial charge is 0.177 e. The third-order valence-corrected chi connectivity index (χ3v) is 4.57. The fraction of sp³-hybridized carbons (Fsp3) is 0.438. The van der Waals surface area contributed by atoms with E-state index in [1.54, 1.807) is 0 Å². The molecule has 2 heterocycles. The van der Waals surface area contributed by atoms with Gasteiger partial charge in [0.1, 0.15) is 0 Å². The molecule has 0 aliphatic carbocycles. The number of rotatable bonds is 3.